The van der Waals surface area contributed by atoms with Crippen LogP contribution in [-0.4, -0.2) is 74.4 Å². The summed E-state index contributed by atoms with van der Waals surface area (Å²) in [7, 11) is 1.26. The number of carbonyl (C=O) groups is 2. The number of aldehydes is 1. The number of ether oxygens (including phenoxy) is 2. The molecule has 1 aliphatic heterocycles. The summed E-state index contributed by atoms with van der Waals surface area (Å²) in [6.07, 6.45) is 0.685. The lowest BCUT2D eigenvalue weighted by molar-refractivity contribution is -0.313. The van der Waals surface area contributed by atoms with Crippen molar-refractivity contribution in [2.24, 2.45) is 0 Å². The number of aliphatic hydroxyl groups is 3. The monoisotopic (exact) mass is 601 g/mol. The first-order chi connectivity index (χ1) is 20.0. The van der Waals surface area contributed by atoms with Crippen LogP contribution in [0.4, 0.5) is 4.39 Å². The molecule has 2 aromatic carbocycles. The van der Waals surface area contributed by atoms with Crippen molar-refractivity contribution in [1.82, 2.24) is 15.1 Å². The predicted molar refractivity (Wildman–Crippen MR) is 159 cm³/mol. The highest BCUT2D eigenvalue weighted by atomic mass is 19.1. The number of hydrogen-bond acceptors (Lipinski definition) is 9. The minimum atomic E-state index is -3.02. The van der Waals surface area contributed by atoms with Crippen LogP contribution in [0.25, 0.3) is 0 Å². The smallest absolute Gasteiger partial charge is 0.281 e. The van der Waals surface area contributed by atoms with Gasteiger partial charge in [-0.15, -0.1) is 0 Å². The van der Waals surface area contributed by atoms with Gasteiger partial charge in [-0.25, -0.2) is 4.39 Å². The summed E-state index contributed by atoms with van der Waals surface area (Å²) in [6.45, 7) is 14.6. The first-order valence-corrected chi connectivity index (χ1v) is 14.2. The van der Waals surface area contributed by atoms with Crippen LogP contribution in [0.2, 0.25) is 0 Å². The molecule has 1 aliphatic rings. The lowest BCUT2D eigenvalue weighted by Crippen LogP contribution is -2.63. The third-order valence-electron chi connectivity index (χ3n) is 7.39. The van der Waals surface area contributed by atoms with Gasteiger partial charge in [-0.05, 0) is 46.2 Å². The van der Waals surface area contributed by atoms with Gasteiger partial charge in [0.15, 0.2) is 0 Å². The highest BCUT2D eigenvalue weighted by Crippen LogP contribution is 2.39. The number of benzene rings is 2. The second-order valence-electron chi connectivity index (χ2n) is 12.2. The number of halogens is 1. The number of nitrogens with zero attached hydrogens (tertiary/aromatic N) is 2. The van der Waals surface area contributed by atoms with Crippen LogP contribution in [-0.2, 0) is 33.4 Å². The fourth-order valence-corrected chi connectivity index (χ4v) is 5.97. The first-order valence-electron chi connectivity index (χ1n) is 14.2. The van der Waals surface area contributed by atoms with E-state index >= 15 is 4.39 Å². The molecule has 236 valence electrons. The van der Waals surface area contributed by atoms with E-state index in [0.717, 1.165) is 6.20 Å². The lowest BCUT2D eigenvalue weighted by Gasteiger charge is -2.47. The van der Waals surface area contributed by atoms with Gasteiger partial charge >= 0.3 is 0 Å². The van der Waals surface area contributed by atoms with Gasteiger partial charge in [-0.2, -0.15) is 0 Å². The third kappa shape index (κ3) is 7.60. The molecule has 0 bridgehead atoms. The van der Waals surface area contributed by atoms with Gasteiger partial charge in [0.05, 0.1) is 16.8 Å². The van der Waals surface area contributed by atoms with Gasteiger partial charge < -0.3 is 34.9 Å². The van der Waals surface area contributed by atoms with Gasteiger partial charge in [0.25, 0.3) is 11.8 Å². The Morgan fingerprint density at radius 1 is 1.14 bits per heavy atom. The molecule has 0 aromatic heterocycles. The third-order valence-corrected chi connectivity index (χ3v) is 7.39. The zero-order valence-electron chi connectivity index (χ0n) is 25.8. The number of rotatable bonds is 13. The second-order valence-corrected chi connectivity index (χ2v) is 12.2. The number of likely N-dealkylation sites (N-methyl/N-ethyl adjacent to an activating group) is 1. The molecule has 43 heavy (non-hydrogen) atoms. The number of nitrogens with one attached hydrogen (secondary N) is 1. The Bertz CT molecular complexity index is 1310. The summed E-state index contributed by atoms with van der Waals surface area (Å²) in [5.41, 5.74) is -2.44. The number of morpholine rings is 1. The van der Waals surface area contributed by atoms with Crippen LogP contribution in [0.5, 0.6) is 5.75 Å². The van der Waals surface area contributed by atoms with Crippen LogP contribution in [0.15, 0.2) is 49.2 Å². The van der Waals surface area contributed by atoms with Gasteiger partial charge in [0.2, 0.25) is 5.72 Å². The minimum absolute atomic E-state index is 0.0204. The molecular formula is C32H44FN3O7. The average Bonchev–Trinajstić information content (AvgIpc) is 2.90. The van der Waals surface area contributed by atoms with Crippen LogP contribution >= 0.6 is 0 Å². The standard InChI is InChI=1S/C32H44FN3O7/c1-8-36(31(39,16-11-17-37)28(38)34-7)32(40,41)26-22(2)12-9-15-25(26)42-19-24-14-10-13-23(27(24)33)18-35-20-29(3,4)43-30(5,6)21-35/h8-10,12-15,17,39-41H,1,11,16,18-21H2,2-7H3,(H,34,38). The van der Waals surface area contributed by atoms with Crippen LogP contribution < -0.4 is 10.1 Å². The zero-order valence-corrected chi connectivity index (χ0v) is 25.8. The van der Waals surface area contributed by atoms with Gasteiger partial charge in [0, 0.05) is 56.9 Å². The largest absolute Gasteiger partial charge is 0.488 e. The molecule has 10 nitrogen and oxygen atoms in total. The predicted octanol–water partition coefficient (Wildman–Crippen LogP) is 3.06. The minimum Gasteiger partial charge on any atom is -0.488 e. The first kappa shape index (κ1) is 34.1. The van der Waals surface area contributed by atoms with E-state index in [2.05, 4.69) is 16.8 Å². The number of amides is 1. The van der Waals surface area contributed by atoms with Gasteiger partial charge in [-0.1, -0.05) is 36.9 Å². The van der Waals surface area contributed by atoms with E-state index in [4.69, 9.17) is 9.47 Å². The average molecular weight is 602 g/mol. The molecule has 0 radical (unpaired) electrons. The van der Waals surface area contributed by atoms with Crippen molar-refractivity contribution in [3.05, 3.63) is 77.2 Å². The summed E-state index contributed by atoms with van der Waals surface area (Å²) in [5, 5.41) is 36.5. The Morgan fingerprint density at radius 2 is 1.74 bits per heavy atom. The number of hydrogen-bond donors (Lipinski definition) is 4. The molecule has 0 aliphatic carbocycles. The molecule has 1 heterocycles. The fraction of sp³-hybridized carbons (Fsp3) is 0.500. The Kier molecular flexibility index (Phi) is 10.4. The molecule has 2 aromatic rings. The molecule has 1 unspecified atom stereocenters. The van der Waals surface area contributed by atoms with Crippen molar-refractivity contribution >= 4 is 12.2 Å². The van der Waals surface area contributed by atoms with E-state index < -0.39 is 41.0 Å². The summed E-state index contributed by atoms with van der Waals surface area (Å²) in [4.78, 5) is 26.5. The van der Waals surface area contributed by atoms with Crippen molar-refractivity contribution in [2.75, 3.05) is 20.1 Å². The molecule has 1 amide bonds. The van der Waals surface area contributed by atoms with Crippen LogP contribution in [0, 0.1) is 12.7 Å². The SMILES string of the molecule is C=CN(C(O)(CCC=O)C(=O)NC)C(O)(O)c1c(C)cccc1OCc1cccc(CN2CC(C)(C)OC(C)(C)C2)c1F. The Balaban J connectivity index is 1.92. The lowest BCUT2D eigenvalue weighted by atomic mass is 9.98. The molecule has 4 N–H and O–H groups in total. The van der Waals surface area contributed by atoms with Gasteiger partial charge in [-0.3, -0.25) is 14.6 Å². The van der Waals surface area contributed by atoms with E-state index in [9.17, 15) is 24.9 Å². The topological polar surface area (TPSA) is 132 Å². The van der Waals surface area contributed by atoms with E-state index in [1.165, 1.54) is 13.1 Å². The summed E-state index contributed by atoms with van der Waals surface area (Å²) >= 11 is 0. The summed E-state index contributed by atoms with van der Waals surface area (Å²) < 4.78 is 27.9. The molecule has 11 heteroatoms. The molecule has 1 saturated heterocycles. The van der Waals surface area contributed by atoms with Crippen molar-refractivity contribution in [3.8, 4) is 5.75 Å². The van der Waals surface area contributed by atoms with Crippen molar-refractivity contribution < 1.29 is 38.8 Å². The molecule has 3 rings (SSSR count). The molecular weight excluding hydrogens is 557 g/mol. The maximum Gasteiger partial charge on any atom is 0.281 e. The maximum absolute atomic E-state index is 15.8. The van der Waals surface area contributed by atoms with Gasteiger partial charge in [0.1, 0.15) is 24.5 Å². The molecule has 0 saturated carbocycles. The normalized spacial score (nSPS) is 17.9. The van der Waals surface area contributed by atoms with Crippen LogP contribution in [0.3, 0.4) is 0 Å². The highest BCUT2D eigenvalue weighted by molar-refractivity contribution is 5.84. The summed E-state index contributed by atoms with van der Waals surface area (Å²) in [5.74, 6) is -4.46. The van der Waals surface area contributed by atoms with E-state index in [1.54, 1.807) is 37.3 Å². The Hall–Kier alpha value is -3.35. The zero-order chi connectivity index (χ0) is 32.2. The Labute approximate surface area is 252 Å². The number of aryl methyl sites for hydroxylation is 1. The van der Waals surface area contributed by atoms with Crippen LogP contribution in [0.1, 0.15) is 62.8 Å². The molecule has 1 atom stereocenters. The highest BCUT2D eigenvalue weighted by Gasteiger charge is 2.51. The van der Waals surface area contributed by atoms with E-state index in [1.807, 2.05) is 27.7 Å². The van der Waals surface area contributed by atoms with E-state index in [-0.39, 0.29) is 29.9 Å². The van der Waals surface area contributed by atoms with Crippen molar-refractivity contribution in [1.29, 1.82) is 0 Å². The fourth-order valence-electron chi connectivity index (χ4n) is 5.97. The maximum atomic E-state index is 15.8. The van der Waals surface area contributed by atoms with E-state index in [0.29, 0.717) is 41.9 Å². The van der Waals surface area contributed by atoms with Crippen molar-refractivity contribution in [2.45, 2.75) is 83.5 Å². The molecule has 0 spiro atoms. The second kappa shape index (κ2) is 13.1. The quantitative estimate of drug-likeness (QED) is 0.202. The summed E-state index contributed by atoms with van der Waals surface area (Å²) in [6, 6.07) is 9.72. The number of carbonyl (C=O) groups excluding carboxylic acids is 2. The molecule has 1 fully saturated rings. The Morgan fingerprint density at radius 3 is 2.33 bits per heavy atom. The van der Waals surface area contributed by atoms with Crippen molar-refractivity contribution in [3.63, 3.8) is 0 Å².